The molecule has 0 saturated carbocycles. The summed E-state index contributed by atoms with van der Waals surface area (Å²) in [5.74, 6) is -0.525. The number of rotatable bonds is 9. The van der Waals surface area contributed by atoms with Crippen molar-refractivity contribution in [2.45, 2.75) is 32.6 Å². The first-order valence-electron chi connectivity index (χ1n) is 8.73. The third kappa shape index (κ3) is 6.22. The number of hydroxylamine groups is 1. The van der Waals surface area contributed by atoms with Gasteiger partial charge in [0.1, 0.15) is 0 Å². The molecule has 1 aromatic heterocycles. The molecule has 138 valence electrons. The van der Waals surface area contributed by atoms with Crippen LogP contribution in [0.4, 0.5) is 0 Å². The monoisotopic (exact) mass is 355 g/mol. The maximum Gasteiger partial charge on any atom is 0.244 e. The van der Waals surface area contributed by atoms with Crippen molar-refractivity contribution in [2.75, 3.05) is 6.54 Å². The van der Waals surface area contributed by atoms with E-state index in [-0.39, 0.29) is 11.8 Å². The molecule has 2 rings (SSSR count). The lowest BCUT2D eigenvalue weighted by molar-refractivity contribution is -0.129. The van der Waals surface area contributed by atoms with Gasteiger partial charge in [-0.2, -0.15) is 0 Å². The molecule has 1 heterocycles. The van der Waals surface area contributed by atoms with Crippen molar-refractivity contribution in [3.63, 3.8) is 0 Å². The fraction of sp³-hybridized carbons (Fsp3) is 0.300. The quantitative estimate of drug-likeness (QED) is 0.280. The van der Waals surface area contributed by atoms with E-state index in [2.05, 4.69) is 17.4 Å². The predicted octanol–water partition coefficient (Wildman–Crippen LogP) is 2.98. The molecule has 0 aliphatic carbocycles. The maximum absolute atomic E-state index is 11.9. The molecule has 0 saturated heterocycles. The number of hydrogen-bond acceptors (Lipinski definition) is 3. The lowest BCUT2D eigenvalue weighted by Crippen LogP contribution is -2.22. The van der Waals surface area contributed by atoms with Crippen molar-refractivity contribution in [3.05, 3.63) is 59.9 Å². The molecule has 0 aliphatic heterocycles. The van der Waals surface area contributed by atoms with Crippen LogP contribution in [0.25, 0.3) is 11.8 Å². The first-order chi connectivity index (χ1) is 12.6. The van der Waals surface area contributed by atoms with Crippen LogP contribution in [0.1, 0.15) is 36.9 Å². The van der Waals surface area contributed by atoms with E-state index in [1.165, 1.54) is 11.6 Å². The van der Waals surface area contributed by atoms with Gasteiger partial charge in [0.2, 0.25) is 11.8 Å². The molecule has 0 atom stereocenters. The van der Waals surface area contributed by atoms with Crippen molar-refractivity contribution in [1.82, 2.24) is 15.4 Å². The van der Waals surface area contributed by atoms with Gasteiger partial charge in [0, 0.05) is 36.6 Å². The molecular weight excluding hydrogens is 330 g/mol. The number of amides is 2. The molecule has 0 aliphatic rings. The van der Waals surface area contributed by atoms with Crippen LogP contribution in [0.15, 0.2) is 48.7 Å². The number of nitrogens with zero attached hydrogens (tertiary/aromatic N) is 1. The summed E-state index contributed by atoms with van der Waals surface area (Å²) in [6.45, 7) is 2.61. The maximum atomic E-state index is 11.9. The molecule has 0 fully saturated rings. The summed E-state index contributed by atoms with van der Waals surface area (Å²) in [5.41, 5.74) is 4.78. The summed E-state index contributed by atoms with van der Waals surface area (Å²) in [4.78, 5) is 22.8. The molecule has 0 radical (unpaired) electrons. The van der Waals surface area contributed by atoms with Crippen molar-refractivity contribution >= 4 is 17.9 Å². The molecular formula is C20H25N3O3. The van der Waals surface area contributed by atoms with Gasteiger partial charge < -0.3 is 9.88 Å². The second kappa shape index (κ2) is 10.2. The largest absolute Gasteiger partial charge is 0.353 e. The van der Waals surface area contributed by atoms with Gasteiger partial charge >= 0.3 is 0 Å². The third-order valence-electron chi connectivity index (χ3n) is 4.00. The smallest absolute Gasteiger partial charge is 0.244 e. The molecule has 6 heteroatoms. The van der Waals surface area contributed by atoms with E-state index >= 15 is 0 Å². The van der Waals surface area contributed by atoms with E-state index in [0.717, 1.165) is 24.2 Å². The summed E-state index contributed by atoms with van der Waals surface area (Å²) in [6, 6.07) is 12.1. The normalized spacial score (nSPS) is 10.8. The van der Waals surface area contributed by atoms with E-state index in [9.17, 15) is 9.59 Å². The second-order valence-corrected chi connectivity index (χ2v) is 6.11. The average Bonchev–Trinajstić information content (AvgIpc) is 3.11. The number of carbonyl (C=O) groups excluding carboxylic acids is 2. The molecule has 0 unspecified atom stereocenters. The second-order valence-electron chi connectivity index (χ2n) is 6.11. The standard InChI is InChI=1S/C20H25N3O3/c1-16-8-10-18(11-9-16)23-15-5-6-17(23)12-13-19(24)21-14-4-2-3-7-20(25)22-26/h5-6,8-13,15,26H,2-4,7,14H2,1H3,(H,21,24)(H,22,25). The highest BCUT2D eigenvalue weighted by atomic mass is 16.5. The van der Waals surface area contributed by atoms with Gasteiger partial charge in [0.25, 0.3) is 0 Å². The molecule has 2 amide bonds. The summed E-state index contributed by atoms with van der Waals surface area (Å²) in [5, 5.41) is 11.2. The Morgan fingerprint density at radius 1 is 1.12 bits per heavy atom. The van der Waals surface area contributed by atoms with Crippen molar-refractivity contribution in [3.8, 4) is 5.69 Å². The first kappa shape index (κ1) is 19.5. The van der Waals surface area contributed by atoms with Gasteiger partial charge in [0.05, 0.1) is 0 Å². The van der Waals surface area contributed by atoms with Crippen LogP contribution in [0, 0.1) is 6.92 Å². The SMILES string of the molecule is Cc1ccc(-n2cccc2C=CC(=O)NCCCCCC(=O)NO)cc1. The molecule has 26 heavy (non-hydrogen) atoms. The van der Waals surface area contributed by atoms with E-state index in [0.29, 0.717) is 19.4 Å². The Balaban J connectivity index is 1.77. The van der Waals surface area contributed by atoms with Crippen LogP contribution < -0.4 is 10.8 Å². The van der Waals surface area contributed by atoms with Gasteiger partial charge in [-0.15, -0.1) is 0 Å². The van der Waals surface area contributed by atoms with Crippen LogP contribution in [-0.2, 0) is 9.59 Å². The zero-order valence-corrected chi connectivity index (χ0v) is 14.9. The van der Waals surface area contributed by atoms with E-state index in [1.54, 1.807) is 11.6 Å². The first-order valence-corrected chi connectivity index (χ1v) is 8.73. The summed E-state index contributed by atoms with van der Waals surface area (Å²) in [7, 11) is 0. The molecule has 6 nitrogen and oxygen atoms in total. The Morgan fingerprint density at radius 3 is 2.62 bits per heavy atom. The number of unbranched alkanes of at least 4 members (excludes halogenated alkanes) is 2. The zero-order chi connectivity index (χ0) is 18.8. The van der Waals surface area contributed by atoms with Crippen molar-refractivity contribution < 1.29 is 14.8 Å². The van der Waals surface area contributed by atoms with Crippen molar-refractivity contribution in [2.24, 2.45) is 0 Å². The topological polar surface area (TPSA) is 83.4 Å². The minimum absolute atomic E-state index is 0.144. The van der Waals surface area contributed by atoms with Gasteiger partial charge in [-0.1, -0.05) is 24.1 Å². The Hall–Kier alpha value is -2.86. The van der Waals surface area contributed by atoms with Crippen LogP contribution in [0.3, 0.4) is 0 Å². The Bertz CT molecular complexity index is 748. The van der Waals surface area contributed by atoms with E-state index in [1.807, 2.05) is 42.0 Å². The number of aromatic nitrogens is 1. The van der Waals surface area contributed by atoms with Gasteiger partial charge in [0.15, 0.2) is 0 Å². The summed E-state index contributed by atoms with van der Waals surface area (Å²) >= 11 is 0. The van der Waals surface area contributed by atoms with Crippen LogP contribution in [0.2, 0.25) is 0 Å². The lowest BCUT2D eigenvalue weighted by Gasteiger charge is -2.07. The fourth-order valence-corrected chi connectivity index (χ4v) is 2.55. The zero-order valence-electron chi connectivity index (χ0n) is 14.9. The minimum Gasteiger partial charge on any atom is -0.353 e. The number of benzene rings is 1. The van der Waals surface area contributed by atoms with Crippen molar-refractivity contribution in [1.29, 1.82) is 0 Å². The minimum atomic E-state index is -0.381. The van der Waals surface area contributed by atoms with Crippen LogP contribution in [0.5, 0.6) is 0 Å². The predicted molar refractivity (Wildman–Crippen MR) is 101 cm³/mol. The number of nitrogens with one attached hydrogen (secondary N) is 2. The number of aryl methyl sites for hydroxylation is 1. The highest BCUT2D eigenvalue weighted by molar-refractivity contribution is 5.91. The molecule has 2 aromatic rings. The third-order valence-corrected chi connectivity index (χ3v) is 4.00. The van der Waals surface area contributed by atoms with E-state index < -0.39 is 0 Å². The molecule has 3 N–H and O–H groups in total. The Labute approximate surface area is 153 Å². The van der Waals surface area contributed by atoms with Gasteiger partial charge in [-0.25, -0.2) is 5.48 Å². The fourth-order valence-electron chi connectivity index (χ4n) is 2.55. The van der Waals surface area contributed by atoms with Gasteiger partial charge in [-0.05, 0) is 50.1 Å². The molecule has 1 aromatic carbocycles. The average molecular weight is 355 g/mol. The molecule has 0 spiro atoms. The van der Waals surface area contributed by atoms with E-state index in [4.69, 9.17) is 5.21 Å². The Morgan fingerprint density at radius 2 is 1.88 bits per heavy atom. The highest BCUT2D eigenvalue weighted by Crippen LogP contribution is 2.14. The summed E-state index contributed by atoms with van der Waals surface area (Å²) < 4.78 is 2.02. The van der Waals surface area contributed by atoms with Gasteiger partial charge in [-0.3, -0.25) is 14.8 Å². The number of carbonyl (C=O) groups is 2. The van der Waals surface area contributed by atoms with Crippen LogP contribution in [-0.4, -0.2) is 28.1 Å². The van der Waals surface area contributed by atoms with Crippen LogP contribution >= 0.6 is 0 Å². The number of hydrogen-bond donors (Lipinski definition) is 3. The lowest BCUT2D eigenvalue weighted by atomic mass is 10.2. The highest BCUT2D eigenvalue weighted by Gasteiger charge is 2.02. The summed E-state index contributed by atoms with van der Waals surface area (Å²) in [6.07, 6.45) is 7.86. The molecule has 0 bridgehead atoms. The Kier molecular flexibility index (Phi) is 7.64.